The number of benzene rings is 2. The van der Waals surface area contributed by atoms with Crippen LogP contribution in [-0.4, -0.2) is 25.2 Å². The van der Waals surface area contributed by atoms with E-state index in [9.17, 15) is 9.59 Å². The number of ether oxygens (including phenoxy) is 1. The molecule has 3 rings (SSSR count). The molecule has 0 spiro atoms. The summed E-state index contributed by atoms with van der Waals surface area (Å²) in [5.74, 6) is 0.0780. The summed E-state index contributed by atoms with van der Waals surface area (Å²) in [6.45, 7) is 11.6. The number of carbonyl (C=O) groups excluding carboxylic acids is 2. The summed E-state index contributed by atoms with van der Waals surface area (Å²) in [7, 11) is 0. The number of rotatable bonds is 5. The quantitative estimate of drug-likeness (QED) is 0.770. The first-order chi connectivity index (χ1) is 13.7. The zero-order valence-electron chi connectivity index (χ0n) is 17.9. The second-order valence-electron chi connectivity index (χ2n) is 8.88. The van der Waals surface area contributed by atoms with E-state index in [4.69, 9.17) is 4.74 Å². The molecule has 5 nitrogen and oxygen atoms in total. The third-order valence-electron chi connectivity index (χ3n) is 5.27. The van der Waals surface area contributed by atoms with Crippen molar-refractivity contribution in [2.45, 2.75) is 46.1 Å². The van der Waals surface area contributed by atoms with E-state index in [0.717, 1.165) is 5.56 Å². The molecule has 1 atom stereocenters. The lowest BCUT2D eigenvalue weighted by Crippen LogP contribution is -2.32. The molecule has 0 saturated carbocycles. The van der Waals surface area contributed by atoms with Gasteiger partial charge in [-0.2, -0.15) is 0 Å². The minimum absolute atomic E-state index is 0.0895. The average Bonchev–Trinajstić information content (AvgIpc) is 3.11. The molecule has 2 aromatic rings. The van der Waals surface area contributed by atoms with Crippen molar-refractivity contribution in [2.75, 3.05) is 18.1 Å². The van der Waals surface area contributed by atoms with Gasteiger partial charge in [-0.15, -0.1) is 0 Å². The first-order valence-electron chi connectivity index (χ1n) is 10.1. The molecule has 0 bridgehead atoms. The van der Waals surface area contributed by atoms with Gasteiger partial charge in [-0.25, -0.2) is 4.79 Å². The van der Waals surface area contributed by atoms with Crippen LogP contribution in [0.2, 0.25) is 0 Å². The second kappa shape index (κ2) is 8.27. The molecule has 0 aliphatic carbocycles. The Balaban J connectivity index is 1.79. The van der Waals surface area contributed by atoms with Crippen molar-refractivity contribution in [1.82, 2.24) is 5.32 Å². The molecule has 0 radical (unpaired) electrons. The van der Waals surface area contributed by atoms with Gasteiger partial charge in [0.1, 0.15) is 6.61 Å². The highest BCUT2D eigenvalue weighted by atomic mass is 16.6. The largest absolute Gasteiger partial charge is 0.447 e. The Hall–Kier alpha value is -2.82. The molecule has 1 heterocycles. The predicted octanol–water partition coefficient (Wildman–Crippen LogP) is 5.07. The van der Waals surface area contributed by atoms with Gasteiger partial charge in [-0.3, -0.25) is 9.69 Å². The Bertz CT molecular complexity index is 882. The average molecular weight is 395 g/mol. The molecule has 2 aromatic carbocycles. The van der Waals surface area contributed by atoms with Crippen molar-refractivity contribution in [3.8, 4) is 0 Å². The maximum absolute atomic E-state index is 13.0. The van der Waals surface area contributed by atoms with Crippen LogP contribution in [0.25, 0.3) is 0 Å². The second-order valence-corrected chi connectivity index (χ2v) is 8.88. The molecule has 154 valence electrons. The molecule has 1 saturated heterocycles. The van der Waals surface area contributed by atoms with E-state index >= 15 is 0 Å². The fraction of sp³-hybridized carbons (Fsp3) is 0.417. The van der Waals surface area contributed by atoms with Crippen molar-refractivity contribution >= 4 is 17.7 Å². The molecule has 0 aromatic heterocycles. The number of hydrogen-bond donors (Lipinski definition) is 1. The van der Waals surface area contributed by atoms with Crippen LogP contribution in [-0.2, 0) is 10.2 Å². The summed E-state index contributed by atoms with van der Waals surface area (Å²) < 4.78 is 4.99. The van der Waals surface area contributed by atoms with Crippen molar-refractivity contribution in [3.63, 3.8) is 0 Å². The monoisotopic (exact) mass is 394 g/mol. The molecule has 29 heavy (non-hydrogen) atoms. The van der Waals surface area contributed by atoms with Crippen molar-refractivity contribution in [3.05, 3.63) is 65.2 Å². The molecule has 1 aliphatic rings. The smallest absolute Gasteiger partial charge is 0.414 e. The van der Waals surface area contributed by atoms with Crippen molar-refractivity contribution in [2.24, 2.45) is 5.92 Å². The molecule has 1 unspecified atom stereocenters. The number of nitrogens with zero attached hydrogens (tertiary/aromatic N) is 1. The van der Waals surface area contributed by atoms with E-state index in [2.05, 4.69) is 64.2 Å². The van der Waals surface area contributed by atoms with Gasteiger partial charge in [0, 0.05) is 11.3 Å². The Morgan fingerprint density at radius 2 is 1.79 bits per heavy atom. The van der Waals surface area contributed by atoms with Gasteiger partial charge < -0.3 is 10.1 Å². The molecule has 5 heteroatoms. The fourth-order valence-corrected chi connectivity index (χ4v) is 3.49. The first-order valence-corrected chi connectivity index (χ1v) is 10.1. The fourth-order valence-electron chi connectivity index (χ4n) is 3.49. The van der Waals surface area contributed by atoms with Gasteiger partial charge in [0.15, 0.2) is 0 Å². The lowest BCUT2D eigenvalue weighted by Gasteiger charge is -2.25. The number of cyclic esters (lactones) is 1. The van der Waals surface area contributed by atoms with Crippen LogP contribution in [0.3, 0.4) is 0 Å². The van der Waals surface area contributed by atoms with Crippen LogP contribution in [0.15, 0.2) is 48.5 Å². The summed E-state index contributed by atoms with van der Waals surface area (Å²) in [4.78, 5) is 26.3. The predicted molar refractivity (Wildman–Crippen MR) is 115 cm³/mol. The highest BCUT2D eigenvalue weighted by molar-refractivity contribution is 5.97. The maximum atomic E-state index is 13.0. The third kappa shape index (κ3) is 4.78. The molecule has 1 fully saturated rings. The molecule has 2 amide bonds. The Morgan fingerprint density at radius 1 is 1.10 bits per heavy atom. The van der Waals surface area contributed by atoms with Crippen LogP contribution in [0.5, 0.6) is 0 Å². The van der Waals surface area contributed by atoms with Gasteiger partial charge in [-0.1, -0.05) is 65.0 Å². The lowest BCUT2D eigenvalue weighted by molar-refractivity contribution is 0.0925. The topological polar surface area (TPSA) is 58.6 Å². The van der Waals surface area contributed by atoms with Gasteiger partial charge >= 0.3 is 6.09 Å². The third-order valence-corrected chi connectivity index (χ3v) is 5.27. The van der Waals surface area contributed by atoms with Gasteiger partial charge in [0.2, 0.25) is 0 Å². The SMILES string of the molecule is CC(C)C(NC(=O)c1cccc(N2CCOC2=O)c1)c1ccc(C(C)(C)C)cc1. The van der Waals surface area contributed by atoms with E-state index in [-0.39, 0.29) is 29.4 Å². The zero-order valence-corrected chi connectivity index (χ0v) is 17.9. The Morgan fingerprint density at radius 3 is 2.34 bits per heavy atom. The number of anilines is 1. The van der Waals surface area contributed by atoms with Crippen LogP contribution in [0, 0.1) is 5.92 Å². The normalized spacial score (nSPS) is 15.4. The Kier molecular flexibility index (Phi) is 5.96. The van der Waals surface area contributed by atoms with E-state index in [1.165, 1.54) is 5.56 Å². The summed E-state index contributed by atoms with van der Waals surface area (Å²) in [6, 6.07) is 15.5. The summed E-state index contributed by atoms with van der Waals surface area (Å²) in [5.41, 5.74) is 3.64. The number of carbonyl (C=O) groups is 2. The van der Waals surface area contributed by atoms with E-state index in [1.807, 2.05) is 6.07 Å². The first kappa shape index (κ1) is 20.9. The Labute approximate surface area is 173 Å². The van der Waals surface area contributed by atoms with E-state index in [1.54, 1.807) is 23.1 Å². The maximum Gasteiger partial charge on any atom is 0.414 e. The van der Waals surface area contributed by atoms with Crippen molar-refractivity contribution < 1.29 is 14.3 Å². The van der Waals surface area contributed by atoms with Crippen LogP contribution < -0.4 is 10.2 Å². The van der Waals surface area contributed by atoms with E-state index < -0.39 is 0 Å². The highest BCUT2D eigenvalue weighted by Gasteiger charge is 2.25. The highest BCUT2D eigenvalue weighted by Crippen LogP contribution is 2.27. The van der Waals surface area contributed by atoms with Gasteiger partial charge in [-0.05, 0) is 40.7 Å². The molecule has 1 N–H and O–H groups in total. The summed E-state index contributed by atoms with van der Waals surface area (Å²) >= 11 is 0. The summed E-state index contributed by atoms with van der Waals surface area (Å²) in [5, 5.41) is 3.16. The van der Waals surface area contributed by atoms with Crippen molar-refractivity contribution in [1.29, 1.82) is 0 Å². The van der Waals surface area contributed by atoms with E-state index in [0.29, 0.717) is 24.4 Å². The van der Waals surface area contributed by atoms with Gasteiger partial charge in [0.05, 0.1) is 12.6 Å². The number of hydrogen-bond acceptors (Lipinski definition) is 3. The molecule has 1 aliphatic heterocycles. The summed E-state index contributed by atoms with van der Waals surface area (Å²) in [6.07, 6.45) is -0.374. The van der Waals surface area contributed by atoms with Crippen LogP contribution in [0.1, 0.15) is 62.1 Å². The minimum Gasteiger partial charge on any atom is -0.447 e. The van der Waals surface area contributed by atoms with Crippen LogP contribution in [0.4, 0.5) is 10.5 Å². The van der Waals surface area contributed by atoms with Gasteiger partial charge in [0.25, 0.3) is 5.91 Å². The minimum atomic E-state index is -0.374. The number of amides is 2. The zero-order chi connectivity index (χ0) is 21.2. The molecular formula is C24H30N2O3. The lowest BCUT2D eigenvalue weighted by atomic mass is 9.85. The standard InChI is InChI=1S/C24H30N2O3/c1-16(2)21(17-9-11-19(12-10-17)24(3,4)5)25-22(27)18-7-6-8-20(15-18)26-13-14-29-23(26)28/h6-12,15-16,21H,13-14H2,1-5H3,(H,25,27). The molecular weight excluding hydrogens is 364 g/mol. The van der Waals surface area contributed by atoms with Crippen LogP contribution >= 0.6 is 0 Å². The number of nitrogens with one attached hydrogen (secondary N) is 1.